The minimum Gasteiger partial charge on any atom is -0.378 e. The van der Waals surface area contributed by atoms with Gasteiger partial charge < -0.3 is 19.9 Å². The lowest BCUT2D eigenvalue weighted by Gasteiger charge is -2.29. The Bertz CT molecular complexity index is 796. The zero-order valence-electron chi connectivity index (χ0n) is 18.0. The normalized spacial score (nSPS) is 14.2. The van der Waals surface area contributed by atoms with Crippen molar-refractivity contribution >= 4 is 47.5 Å². The molecule has 0 spiro atoms. The summed E-state index contributed by atoms with van der Waals surface area (Å²) in [5, 5.41) is 3.41. The van der Waals surface area contributed by atoms with Gasteiger partial charge in [0.25, 0.3) is 0 Å². The van der Waals surface area contributed by atoms with Gasteiger partial charge in [-0.2, -0.15) is 0 Å². The molecule has 1 saturated heterocycles. The number of nitrogens with zero attached hydrogens (tertiary/aromatic N) is 4. The number of guanidine groups is 1. The summed E-state index contributed by atoms with van der Waals surface area (Å²) in [6, 6.07) is 12.8. The smallest absolute Gasteiger partial charge is 0.194 e. The van der Waals surface area contributed by atoms with Crippen molar-refractivity contribution in [3.63, 3.8) is 0 Å². The predicted octanol–water partition coefficient (Wildman–Crippen LogP) is 3.86. The van der Waals surface area contributed by atoms with Crippen LogP contribution in [-0.2, 0) is 17.8 Å². The molecule has 0 amide bonds. The van der Waals surface area contributed by atoms with Crippen molar-refractivity contribution in [3.8, 4) is 0 Å². The van der Waals surface area contributed by atoms with Crippen LogP contribution in [0.2, 0.25) is 0 Å². The molecule has 1 aromatic carbocycles. The van der Waals surface area contributed by atoms with Gasteiger partial charge >= 0.3 is 0 Å². The van der Waals surface area contributed by atoms with Gasteiger partial charge in [-0.05, 0) is 36.9 Å². The molecular formula is C22H32IN5OS. The molecule has 30 heavy (non-hydrogen) atoms. The average molecular weight is 542 g/mol. The van der Waals surface area contributed by atoms with Crippen LogP contribution in [0.5, 0.6) is 0 Å². The first-order valence-corrected chi connectivity index (χ1v) is 11.3. The van der Waals surface area contributed by atoms with Crippen molar-refractivity contribution in [2.75, 3.05) is 51.1 Å². The fourth-order valence-corrected chi connectivity index (χ4v) is 3.73. The number of pyridine rings is 1. The van der Waals surface area contributed by atoms with E-state index in [9.17, 15) is 0 Å². The summed E-state index contributed by atoms with van der Waals surface area (Å²) in [5.41, 5.74) is 2.41. The molecule has 0 radical (unpaired) electrons. The third-order valence-corrected chi connectivity index (χ3v) is 5.60. The van der Waals surface area contributed by atoms with Crippen LogP contribution in [0.3, 0.4) is 0 Å². The first-order chi connectivity index (χ1) is 14.2. The number of aliphatic imine (C=N–C) groups is 1. The van der Waals surface area contributed by atoms with Gasteiger partial charge in [-0.3, -0.25) is 0 Å². The van der Waals surface area contributed by atoms with Crippen LogP contribution < -0.4 is 10.2 Å². The molecule has 0 atom stereocenters. The summed E-state index contributed by atoms with van der Waals surface area (Å²) >= 11 is 1.76. The zero-order chi connectivity index (χ0) is 20.5. The van der Waals surface area contributed by atoms with Crippen LogP contribution in [0.4, 0.5) is 5.82 Å². The number of aromatic nitrogens is 1. The summed E-state index contributed by atoms with van der Waals surface area (Å²) in [5.74, 6) is 1.92. The van der Waals surface area contributed by atoms with Gasteiger partial charge in [0.1, 0.15) is 5.82 Å². The second-order valence-electron chi connectivity index (χ2n) is 6.96. The van der Waals surface area contributed by atoms with Gasteiger partial charge in [0.15, 0.2) is 5.96 Å². The van der Waals surface area contributed by atoms with Crippen LogP contribution in [0.25, 0.3) is 0 Å². The van der Waals surface area contributed by atoms with Crippen molar-refractivity contribution in [2.45, 2.75) is 24.9 Å². The highest BCUT2D eigenvalue weighted by molar-refractivity contribution is 14.0. The minimum atomic E-state index is 0. The molecule has 3 rings (SSSR count). The topological polar surface area (TPSA) is 53.0 Å². The molecule has 1 fully saturated rings. The van der Waals surface area contributed by atoms with E-state index in [0.29, 0.717) is 6.54 Å². The van der Waals surface area contributed by atoms with Crippen LogP contribution in [0.1, 0.15) is 18.1 Å². The SMILES string of the molecule is CCNC(=NCc1cccnc1N1CCOCC1)N(C)Cc1ccc(SC)cc1.I. The van der Waals surface area contributed by atoms with E-state index in [4.69, 9.17) is 9.73 Å². The molecule has 164 valence electrons. The lowest BCUT2D eigenvalue weighted by Crippen LogP contribution is -2.39. The lowest BCUT2D eigenvalue weighted by atomic mass is 10.2. The number of nitrogens with one attached hydrogen (secondary N) is 1. The number of halogens is 1. The van der Waals surface area contributed by atoms with E-state index in [2.05, 4.69) is 70.7 Å². The molecule has 1 aliphatic heterocycles. The fourth-order valence-electron chi connectivity index (χ4n) is 3.32. The number of hydrogen-bond acceptors (Lipinski definition) is 5. The predicted molar refractivity (Wildman–Crippen MR) is 137 cm³/mol. The maximum Gasteiger partial charge on any atom is 0.194 e. The van der Waals surface area contributed by atoms with Crippen LogP contribution in [0.15, 0.2) is 52.5 Å². The number of ether oxygens (including phenoxy) is 1. The highest BCUT2D eigenvalue weighted by atomic mass is 127. The van der Waals surface area contributed by atoms with E-state index in [-0.39, 0.29) is 24.0 Å². The van der Waals surface area contributed by atoms with E-state index in [1.165, 1.54) is 10.5 Å². The van der Waals surface area contributed by atoms with Crippen molar-refractivity contribution < 1.29 is 4.74 Å². The second-order valence-corrected chi connectivity index (χ2v) is 7.84. The van der Waals surface area contributed by atoms with Gasteiger partial charge in [-0.1, -0.05) is 18.2 Å². The highest BCUT2D eigenvalue weighted by Gasteiger charge is 2.16. The average Bonchev–Trinajstić information content (AvgIpc) is 2.78. The fraction of sp³-hybridized carbons (Fsp3) is 0.455. The van der Waals surface area contributed by atoms with Gasteiger partial charge in [-0.15, -0.1) is 35.7 Å². The minimum absolute atomic E-state index is 0. The van der Waals surface area contributed by atoms with Gasteiger partial charge in [0.05, 0.1) is 19.8 Å². The summed E-state index contributed by atoms with van der Waals surface area (Å²) in [4.78, 5) is 15.3. The van der Waals surface area contributed by atoms with Crippen molar-refractivity contribution in [3.05, 3.63) is 53.7 Å². The molecule has 0 aliphatic carbocycles. The van der Waals surface area contributed by atoms with E-state index >= 15 is 0 Å². The second kappa shape index (κ2) is 13.0. The summed E-state index contributed by atoms with van der Waals surface area (Å²) in [6.45, 7) is 7.58. The van der Waals surface area contributed by atoms with Gasteiger partial charge in [0.2, 0.25) is 0 Å². The van der Waals surface area contributed by atoms with Gasteiger partial charge in [-0.25, -0.2) is 9.98 Å². The molecule has 2 aromatic rings. The molecule has 0 saturated carbocycles. The number of benzene rings is 1. The third kappa shape index (κ3) is 7.02. The summed E-state index contributed by atoms with van der Waals surface area (Å²) in [6.07, 6.45) is 3.95. The Balaban J connectivity index is 0.00000320. The zero-order valence-corrected chi connectivity index (χ0v) is 21.2. The van der Waals surface area contributed by atoms with E-state index in [1.807, 2.05) is 12.3 Å². The van der Waals surface area contributed by atoms with E-state index < -0.39 is 0 Å². The largest absolute Gasteiger partial charge is 0.378 e. The number of thioether (sulfide) groups is 1. The van der Waals surface area contributed by atoms with E-state index in [0.717, 1.165) is 56.7 Å². The van der Waals surface area contributed by atoms with Crippen molar-refractivity contribution in [1.82, 2.24) is 15.2 Å². The van der Waals surface area contributed by atoms with Crippen LogP contribution in [-0.4, -0.2) is 62.0 Å². The first-order valence-electron chi connectivity index (χ1n) is 10.1. The number of rotatable bonds is 7. The Morgan fingerprint density at radius 3 is 2.63 bits per heavy atom. The van der Waals surface area contributed by atoms with Crippen molar-refractivity contribution in [2.24, 2.45) is 4.99 Å². The monoisotopic (exact) mass is 541 g/mol. The molecule has 8 heteroatoms. The molecular weight excluding hydrogens is 509 g/mol. The number of hydrogen-bond donors (Lipinski definition) is 1. The lowest BCUT2D eigenvalue weighted by molar-refractivity contribution is 0.122. The Morgan fingerprint density at radius 2 is 1.97 bits per heavy atom. The Hall–Kier alpha value is -1.52. The number of morpholine rings is 1. The summed E-state index contributed by atoms with van der Waals surface area (Å²) < 4.78 is 5.48. The molecule has 6 nitrogen and oxygen atoms in total. The quantitative estimate of drug-likeness (QED) is 0.249. The highest BCUT2D eigenvalue weighted by Crippen LogP contribution is 2.20. The molecule has 1 aromatic heterocycles. The summed E-state index contributed by atoms with van der Waals surface area (Å²) in [7, 11) is 2.08. The Kier molecular flexibility index (Phi) is 10.7. The Morgan fingerprint density at radius 1 is 1.23 bits per heavy atom. The third-order valence-electron chi connectivity index (χ3n) is 4.85. The Labute approximate surface area is 201 Å². The maximum absolute atomic E-state index is 5.48. The van der Waals surface area contributed by atoms with Crippen LogP contribution >= 0.6 is 35.7 Å². The first kappa shape index (κ1) is 24.7. The molecule has 1 N–H and O–H groups in total. The molecule has 0 unspecified atom stereocenters. The number of anilines is 1. The molecule has 1 aliphatic rings. The standard InChI is InChI=1S/C22H31N5OS.HI/c1-4-23-22(26(2)17-18-7-9-20(29-3)10-8-18)25-16-19-6-5-11-24-21(19)27-12-14-28-15-13-27;/h5-11H,4,12-17H2,1-3H3,(H,23,25);1H. The van der Waals surface area contributed by atoms with Crippen molar-refractivity contribution in [1.29, 1.82) is 0 Å². The maximum atomic E-state index is 5.48. The van der Waals surface area contributed by atoms with Gasteiger partial charge in [0, 0.05) is 49.9 Å². The van der Waals surface area contributed by atoms with Crippen LogP contribution in [0, 0.1) is 0 Å². The molecule has 0 bridgehead atoms. The molecule has 2 heterocycles. The van der Waals surface area contributed by atoms with E-state index in [1.54, 1.807) is 11.8 Å².